The minimum atomic E-state index is -0.428. The topological polar surface area (TPSA) is 38.3 Å². The van der Waals surface area contributed by atoms with E-state index >= 15 is 4.79 Å². The molecule has 2 bridgehead atoms. The normalized spacial score (nSPS) is 31.5. The Labute approximate surface area is 372 Å². The standard InChI is InChI=1S/C58H81NO2/c1-17-46-34-47-28-29-58(47,35-38(4)5)53-50(31-39(6)43-24-20-18-21-25-43)56(15)36-45(41(8)49(55(56,13)14)32-40(7)57(46,53)16)33-51(60)48(30-37(2)3)52(44-26-22-19-23-27-44)59-42(9)61-54(10,11)12/h18-27,45-48,50,52-53,59H,2,4,6-7,9,17,28-36H2,1,3,5,8,10-16H3. The van der Waals surface area contributed by atoms with Crippen LogP contribution in [0.1, 0.15) is 158 Å². The van der Waals surface area contributed by atoms with Crippen molar-refractivity contribution in [3.8, 4) is 0 Å². The summed E-state index contributed by atoms with van der Waals surface area (Å²) in [7, 11) is 0. The predicted octanol–water partition coefficient (Wildman–Crippen LogP) is 15.6. The first-order valence-electron chi connectivity index (χ1n) is 23.6. The number of ether oxygens (including phenoxy) is 1. The van der Waals surface area contributed by atoms with Crippen molar-refractivity contribution < 1.29 is 9.53 Å². The van der Waals surface area contributed by atoms with Gasteiger partial charge in [0.2, 0.25) is 0 Å². The molecule has 6 rings (SSSR count). The lowest BCUT2D eigenvalue weighted by atomic mass is 9.31. The van der Waals surface area contributed by atoms with Crippen LogP contribution in [0.5, 0.6) is 0 Å². The zero-order valence-corrected chi connectivity index (χ0v) is 40.2. The van der Waals surface area contributed by atoms with Gasteiger partial charge >= 0.3 is 0 Å². The van der Waals surface area contributed by atoms with Crippen LogP contribution >= 0.6 is 0 Å². The number of benzene rings is 2. The Hall–Kier alpha value is -3.85. The molecule has 0 heterocycles. The number of fused-ring (bicyclic) bond motifs is 5. The second-order valence-corrected chi connectivity index (χ2v) is 22.5. The van der Waals surface area contributed by atoms with Crippen molar-refractivity contribution in [1.82, 2.24) is 5.32 Å². The van der Waals surface area contributed by atoms with Gasteiger partial charge in [0.25, 0.3) is 0 Å². The Morgan fingerprint density at radius 2 is 1.54 bits per heavy atom. The van der Waals surface area contributed by atoms with Gasteiger partial charge in [-0.1, -0.05) is 143 Å². The van der Waals surface area contributed by atoms with E-state index < -0.39 is 5.60 Å². The Bertz CT molecular complexity index is 2040. The molecule has 2 aromatic rings. The fourth-order valence-corrected chi connectivity index (χ4v) is 14.0. The van der Waals surface area contributed by atoms with Crippen molar-refractivity contribution in [3.05, 3.63) is 138 Å². The van der Waals surface area contributed by atoms with E-state index in [1.54, 1.807) is 0 Å². The molecule has 330 valence electrons. The third kappa shape index (κ3) is 8.63. The summed E-state index contributed by atoms with van der Waals surface area (Å²) in [5.41, 5.74) is 9.60. The maximum atomic E-state index is 15.4. The van der Waals surface area contributed by atoms with Crippen LogP contribution in [0.15, 0.2) is 127 Å². The zero-order valence-electron chi connectivity index (χ0n) is 40.2. The lowest BCUT2D eigenvalue weighted by molar-refractivity contribution is -0.206. The van der Waals surface area contributed by atoms with Crippen molar-refractivity contribution >= 4 is 11.4 Å². The number of ketones is 1. The molecule has 0 saturated heterocycles. The highest BCUT2D eigenvalue weighted by Gasteiger charge is 2.69. The molecule has 1 N–H and O–H groups in total. The molecule has 10 unspecified atom stereocenters. The number of carbonyl (C=O) groups is 1. The average molecular weight is 824 g/mol. The van der Waals surface area contributed by atoms with Gasteiger partial charge < -0.3 is 10.1 Å². The summed E-state index contributed by atoms with van der Waals surface area (Å²) in [5.74, 6) is 2.50. The first kappa shape index (κ1) is 46.6. The lowest BCUT2D eigenvalue weighted by Crippen LogP contribution is -2.66. The van der Waals surface area contributed by atoms with Gasteiger partial charge in [-0.05, 0) is 167 Å². The van der Waals surface area contributed by atoms with Crippen LogP contribution in [0.2, 0.25) is 0 Å². The SMILES string of the molecule is C=C(C)CC(C(=O)CC1CC2(C)C(CC(=C)c3ccccc3)C3C4(CC(=C)C)CCC4CC(CC)C3(C)C(=C)CC(=C1C)C2(C)C)C(NC(=C)OC(C)(C)C)c1ccccc1. The Balaban J connectivity index is 1.51. The molecule has 0 amide bonds. The number of carbonyl (C=O) groups excluding carboxylic acids is 1. The van der Waals surface area contributed by atoms with Gasteiger partial charge in [-0.25, -0.2) is 0 Å². The van der Waals surface area contributed by atoms with Gasteiger partial charge in [0.1, 0.15) is 11.4 Å². The predicted molar refractivity (Wildman–Crippen MR) is 259 cm³/mol. The minimum Gasteiger partial charge on any atom is -0.474 e. The third-order valence-electron chi connectivity index (χ3n) is 17.3. The monoisotopic (exact) mass is 824 g/mol. The van der Waals surface area contributed by atoms with Crippen LogP contribution in [0.3, 0.4) is 0 Å². The molecule has 3 fully saturated rings. The first-order chi connectivity index (χ1) is 28.5. The molecule has 10 atom stereocenters. The fourth-order valence-electron chi connectivity index (χ4n) is 14.0. The van der Waals surface area contributed by atoms with Gasteiger partial charge in [0.05, 0.1) is 6.04 Å². The molecule has 4 aliphatic carbocycles. The largest absolute Gasteiger partial charge is 0.474 e. The summed E-state index contributed by atoms with van der Waals surface area (Å²) in [4.78, 5) is 15.4. The van der Waals surface area contributed by atoms with Gasteiger partial charge in [-0.2, -0.15) is 0 Å². The van der Waals surface area contributed by atoms with Crippen molar-refractivity contribution in [2.75, 3.05) is 0 Å². The van der Waals surface area contributed by atoms with Gasteiger partial charge in [-0.3, -0.25) is 4.79 Å². The Morgan fingerprint density at radius 1 is 0.918 bits per heavy atom. The van der Waals surface area contributed by atoms with Crippen molar-refractivity contribution in [3.63, 3.8) is 0 Å². The molecule has 3 saturated carbocycles. The van der Waals surface area contributed by atoms with Gasteiger partial charge in [-0.15, -0.1) is 13.2 Å². The van der Waals surface area contributed by atoms with E-state index in [-0.39, 0.29) is 45.3 Å². The van der Waals surface area contributed by atoms with E-state index in [2.05, 4.69) is 128 Å². The molecular weight excluding hydrogens is 743 g/mol. The summed E-state index contributed by atoms with van der Waals surface area (Å²) in [6.07, 6.45) is 9.95. The number of hydrogen-bond acceptors (Lipinski definition) is 3. The molecule has 61 heavy (non-hydrogen) atoms. The second kappa shape index (κ2) is 17.4. The van der Waals surface area contributed by atoms with Crippen LogP contribution in [-0.2, 0) is 9.53 Å². The van der Waals surface area contributed by atoms with E-state index in [9.17, 15) is 0 Å². The number of nitrogens with one attached hydrogen (secondary N) is 1. The van der Waals surface area contributed by atoms with Crippen molar-refractivity contribution in [1.29, 1.82) is 0 Å². The summed E-state index contributed by atoms with van der Waals surface area (Å²) in [6.45, 7) is 48.9. The van der Waals surface area contributed by atoms with Gasteiger partial charge in [0.15, 0.2) is 5.88 Å². The molecule has 2 aromatic carbocycles. The maximum Gasteiger partial charge on any atom is 0.180 e. The number of hydrogen-bond donors (Lipinski definition) is 1. The molecule has 0 aliphatic heterocycles. The molecule has 0 radical (unpaired) electrons. The van der Waals surface area contributed by atoms with Crippen molar-refractivity contribution in [2.45, 2.75) is 152 Å². The third-order valence-corrected chi connectivity index (χ3v) is 17.3. The summed E-state index contributed by atoms with van der Waals surface area (Å²) in [6, 6.07) is 21.0. The zero-order chi connectivity index (χ0) is 44.9. The van der Waals surface area contributed by atoms with Gasteiger partial charge in [0, 0.05) is 12.3 Å². The highest BCUT2D eigenvalue weighted by Crippen LogP contribution is 2.77. The summed E-state index contributed by atoms with van der Waals surface area (Å²) < 4.78 is 6.24. The fraction of sp³-hybridized carbons (Fsp3) is 0.569. The molecule has 3 nitrogen and oxygen atoms in total. The van der Waals surface area contributed by atoms with E-state index in [0.29, 0.717) is 42.4 Å². The lowest BCUT2D eigenvalue weighted by Gasteiger charge is -2.73. The smallest absolute Gasteiger partial charge is 0.180 e. The van der Waals surface area contributed by atoms with Crippen molar-refractivity contribution in [2.24, 2.45) is 57.2 Å². The highest BCUT2D eigenvalue weighted by atomic mass is 16.5. The minimum absolute atomic E-state index is 0.0343. The Kier molecular flexibility index (Phi) is 13.3. The van der Waals surface area contributed by atoms with Crippen LogP contribution in [-0.4, -0.2) is 11.4 Å². The van der Waals surface area contributed by atoms with E-state index in [1.165, 1.54) is 59.1 Å². The summed E-state index contributed by atoms with van der Waals surface area (Å²) >= 11 is 0. The van der Waals surface area contributed by atoms with Crippen LogP contribution in [0.25, 0.3) is 5.57 Å². The molecule has 4 aliphatic rings. The molecule has 0 spiro atoms. The number of rotatable bonds is 16. The van der Waals surface area contributed by atoms with Crippen LogP contribution < -0.4 is 5.32 Å². The molecular formula is C58H81NO2. The summed E-state index contributed by atoms with van der Waals surface area (Å²) in [5, 5.41) is 3.61. The number of allylic oxidation sites excluding steroid dienone is 6. The Morgan fingerprint density at radius 3 is 2.08 bits per heavy atom. The molecule has 3 heteroatoms. The van der Waals surface area contributed by atoms with E-state index in [1.807, 2.05) is 33.8 Å². The number of Topliss-reactive ketones (excluding diaryl/α,β-unsaturated/α-hetero) is 1. The molecule has 0 aromatic heterocycles. The quantitative estimate of drug-likeness (QED) is 0.135. The second-order valence-electron chi connectivity index (χ2n) is 22.5. The first-order valence-corrected chi connectivity index (χ1v) is 23.6. The van der Waals surface area contributed by atoms with Crippen LogP contribution in [0, 0.1) is 57.2 Å². The van der Waals surface area contributed by atoms with E-state index in [0.717, 1.165) is 36.8 Å². The highest BCUT2D eigenvalue weighted by molar-refractivity contribution is 5.83. The maximum absolute atomic E-state index is 15.4. The van der Waals surface area contributed by atoms with Crippen LogP contribution in [0.4, 0.5) is 0 Å². The average Bonchev–Trinajstić information content (AvgIpc) is 3.17. The van der Waals surface area contributed by atoms with E-state index in [4.69, 9.17) is 17.9 Å².